The molecule has 5 heteroatoms. The summed E-state index contributed by atoms with van der Waals surface area (Å²) in [5, 5.41) is 19.5. The van der Waals surface area contributed by atoms with Crippen LogP contribution in [-0.2, 0) is 6.42 Å². The van der Waals surface area contributed by atoms with Gasteiger partial charge in [0, 0.05) is 11.0 Å². The van der Waals surface area contributed by atoms with Crippen molar-refractivity contribution in [1.82, 2.24) is 0 Å². The van der Waals surface area contributed by atoms with Crippen LogP contribution in [0.3, 0.4) is 0 Å². The Labute approximate surface area is 87.7 Å². The summed E-state index contributed by atoms with van der Waals surface area (Å²) in [5.74, 6) is 0. The summed E-state index contributed by atoms with van der Waals surface area (Å²) in [6, 6.07) is 8.75. The molecule has 82 valence electrons. The van der Waals surface area contributed by atoms with Crippen LogP contribution < -0.4 is 5.73 Å². The molecule has 0 aromatic heterocycles. The van der Waals surface area contributed by atoms with Crippen LogP contribution in [0, 0.1) is 10.1 Å². The Morgan fingerprint density at radius 3 is 2.53 bits per heavy atom. The Hall–Kier alpha value is -1.46. The normalized spacial score (nSPS) is 14.5. The van der Waals surface area contributed by atoms with E-state index >= 15 is 0 Å². The second-order valence-corrected chi connectivity index (χ2v) is 3.44. The summed E-state index contributed by atoms with van der Waals surface area (Å²) >= 11 is 0. The molecule has 3 N–H and O–H groups in total. The highest BCUT2D eigenvalue weighted by atomic mass is 16.6. The van der Waals surface area contributed by atoms with Crippen LogP contribution >= 0.6 is 0 Å². The van der Waals surface area contributed by atoms with Gasteiger partial charge in [-0.1, -0.05) is 30.3 Å². The first-order chi connectivity index (χ1) is 7.09. The molecular formula is C10H14N2O3. The van der Waals surface area contributed by atoms with Gasteiger partial charge in [0.1, 0.15) is 6.10 Å². The van der Waals surface area contributed by atoms with Gasteiger partial charge in [-0.25, -0.2) is 0 Å². The molecule has 0 bridgehead atoms. The molecule has 0 spiro atoms. The number of nitrogens with two attached hydrogens (primary N) is 1. The van der Waals surface area contributed by atoms with E-state index in [4.69, 9.17) is 5.73 Å². The number of nitrogens with zero attached hydrogens (tertiary/aromatic N) is 1. The molecule has 0 radical (unpaired) electrons. The third-order valence-electron chi connectivity index (χ3n) is 2.14. The van der Waals surface area contributed by atoms with E-state index in [1.165, 1.54) is 0 Å². The fourth-order valence-electron chi connectivity index (χ4n) is 1.31. The Kier molecular flexibility index (Phi) is 4.20. The van der Waals surface area contributed by atoms with Gasteiger partial charge in [-0.3, -0.25) is 10.1 Å². The van der Waals surface area contributed by atoms with Crippen LogP contribution in [0.1, 0.15) is 5.56 Å². The smallest absolute Gasteiger partial charge is 0.230 e. The van der Waals surface area contributed by atoms with Gasteiger partial charge >= 0.3 is 0 Å². The van der Waals surface area contributed by atoms with E-state index in [-0.39, 0.29) is 0 Å². The zero-order chi connectivity index (χ0) is 11.3. The molecule has 2 atom stereocenters. The van der Waals surface area contributed by atoms with Gasteiger partial charge in [-0.05, 0) is 12.0 Å². The molecular weight excluding hydrogens is 196 g/mol. The maximum Gasteiger partial charge on any atom is 0.230 e. The molecule has 5 nitrogen and oxygen atoms in total. The second-order valence-electron chi connectivity index (χ2n) is 3.44. The Balaban J connectivity index is 2.48. The molecule has 0 heterocycles. The maximum atomic E-state index is 10.2. The molecule has 0 aliphatic heterocycles. The molecule has 0 saturated carbocycles. The monoisotopic (exact) mass is 210 g/mol. The second kappa shape index (κ2) is 5.43. The van der Waals surface area contributed by atoms with Crippen molar-refractivity contribution in [1.29, 1.82) is 0 Å². The lowest BCUT2D eigenvalue weighted by molar-refractivity contribution is -0.490. The van der Waals surface area contributed by atoms with Crippen molar-refractivity contribution in [3.8, 4) is 0 Å². The first kappa shape index (κ1) is 11.6. The average molecular weight is 210 g/mol. The molecule has 0 fully saturated rings. The van der Waals surface area contributed by atoms with E-state index in [0.717, 1.165) is 5.56 Å². The molecule has 1 rings (SSSR count). The van der Waals surface area contributed by atoms with Crippen LogP contribution in [0.25, 0.3) is 0 Å². The van der Waals surface area contributed by atoms with Crippen molar-refractivity contribution in [3.63, 3.8) is 0 Å². The van der Waals surface area contributed by atoms with Crippen molar-refractivity contribution in [3.05, 3.63) is 46.0 Å². The Bertz CT molecular complexity index is 316. The standard InChI is InChI=1S/C10H14N2O3/c11-9(10(13)7-12(14)15)6-8-4-2-1-3-5-8/h1-5,9-10,13H,6-7,11H2/t9-,10-/m0/s1. The molecule has 15 heavy (non-hydrogen) atoms. The minimum absolute atomic E-state index is 0.440. The van der Waals surface area contributed by atoms with Gasteiger partial charge in [0.25, 0.3) is 0 Å². The number of aliphatic hydroxyl groups is 1. The summed E-state index contributed by atoms with van der Waals surface area (Å²) in [6.07, 6.45) is -0.657. The number of benzene rings is 1. The van der Waals surface area contributed by atoms with Crippen molar-refractivity contribution < 1.29 is 10.0 Å². The third kappa shape index (κ3) is 4.05. The Morgan fingerprint density at radius 2 is 2.00 bits per heavy atom. The molecule has 0 aliphatic carbocycles. The van der Waals surface area contributed by atoms with Crippen LogP contribution in [0.2, 0.25) is 0 Å². The van der Waals surface area contributed by atoms with E-state index in [2.05, 4.69) is 0 Å². The number of hydrogen-bond donors (Lipinski definition) is 2. The summed E-state index contributed by atoms with van der Waals surface area (Å²) in [5.41, 5.74) is 6.61. The molecule has 0 amide bonds. The van der Waals surface area contributed by atoms with Crippen molar-refractivity contribution in [2.75, 3.05) is 6.54 Å². The highest BCUT2D eigenvalue weighted by Crippen LogP contribution is 2.04. The summed E-state index contributed by atoms with van der Waals surface area (Å²) in [4.78, 5) is 9.60. The van der Waals surface area contributed by atoms with Crippen molar-refractivity contribution in [2.45, 2.75) is 18.6 Å². The number of hydrogen-bond acceptors (Lipinski definition) is 4. The van der Waals surface area contributed by atoms with Gasteiger partial charge in [-0.2, -0.15) is 0 Å². The minimum atomic E-state index is -1.10. The van der Waals surface area contributed by atoms with Crippen molar-refractivity contribution in [2.24, 2.45) is 5.73 Å². The lowest BCUT2D eigenvalue weighted by atomic mass is 10.0. The van der Waals surface area contributed by atoms with Crippen LogP contribution in [0.15, 0.2) is 30.3 Å². The van der Waals surface area contributed by atoms with E-state index in [1.807, 2.05) is 30.3 Å². The van der Waals surface area contributed by atoms with Gasteiger partial charge in [0.05, 0.1) is 0 Å². The van der Waals surface area contributed by atoms with E-state index in [1.54, 1.807) is 0 Å². The number of nitro groups is 1. The summed E-state index contributed by atoms with van der Waals surface area (Å²) < 4.78 is 0. The van der Waals surface area contributed by atoms with Gasteiger partial charge in [0.15, 0.2) is 0 Å². The van der Waals surface area contributed by atoms with Crippen LogP contribution in [0.4, 0.5) is 0 Å². The molecule has 0 saturated heterocycles. The first-order valence-electron chi connectivity index (χ1n) is 4.69. The molecule has 1 aromatic carbocycles. The van der Waals surface area contributed by atoms with E-state index in [9.17, 15) is 15.2 Å². The van der Waals surface area contributed by atoms with Gasteiger partial charge in [-0.15, -0.1) is 0 Å². The minimum Gasteiger partial charge on any atom is -0.385 e. The van der Waals surface area contributed by atoms with Gasteiger partial charge < -0.3 is 10.8 Å². The van der Waals surface area contributed by atoms with Crippen molar-refractivity contribution >= 4 is 0 Å². The highest BCUT2D eigenvalue weighted by molar-refractivity contribution is 5.16. The van der Waals surface area contributed by atoms with E-state index in [0.29, 0.717) is 6.42 Å². The maximum absolute atomic E-state index is 10.2. The van der Waals surface area contributed by atoms with E-state index < -0.39 is 23.6 Å². The average Bonchev–Trinajstić information content (AvgIpc) is 2.18. The van der Waals surface area contributed by atoms with Gasteiger partial charge in [0.2, 0.25) is 6.54 Å². The molecule has 0 aliphatic rings. The van der Waals surface area contributed by atoms with Crippen LogP contribution in [-0.4, -0.2) is 28.7 Å². The quantitative estimate of drug-likeness (QED) is 0.536. The lowest BCUT2D eigenvalue weighted by Gasteiger charge is -2.15. The summed E-state index contributed by atoms with van der Waals surface area (Å²) in [6.45, 7) is -0.506. The Morgan fingerprint density at radius 1 is 1.40 bits per heavy atom. The topological polar surface area (TPSA) is 89.4 Å². The molecule has 0 unspecified atom stereocenters. The third-order valence-corrected chi connectivity index (χ3v) is 2.14. The first-order valence-corrected chi connectivity index (χ1v) is 4.69. The lowest BCUT2D eigenvalue weighted by Crippen LogP contribution is -2.40. The molecule has 1 aromatic rings. The zero-order valence-corrected chi connectivity index (χ0v) is 8.24. The SMILES string of the molecule is N[C@@H](Cc1ccccc1)[C@@H](O)C[N+](=O)[O-]. The fraction of sp³-hybridized carbons (Fsp3) is 0.400. The van der Waals surface area contributed by atoms with Crippen LogP contribution in [0.5, 0.6) is 0 Å². The zero-order valence-electron chi connectivity index (χ0n) is 8.24. The fourth-order valence-corrected chi connectivity index (χ4v) is 1.31. The predicted octanol–water partition coefficient (Wildman–Crippen LogP) is 0.194. The number of aliphatic hydroxyl groups excluding tert-OH is 1. The largest absolute Gasteiger partial charge is 0.385 e. The predicted molar refractivity (Wildman–Crippen MR) is 56.0 cm³/mol. The number of rotatable bonds is 5. The summed E-state index contributed by atoms with van der Waals surface area (Å²) in [7, 11) is 0. The highest BCUT2D eigenvalue weighted by Gasteiger charge is 2.20.